The smallest absolute Gasteiger partial charge is 0.223 e. The van der Waals surface area contributed by atoms with E-state index in [1.54, 1.807) is 0 Å². The summed E-state index contributed by atoms with van der Waals surface area (Å²) >= 11 is 3.38. The Morgan fingerprint density at radius 2 is 2.10 bits per heavy atom. The molecule has 1 saturated carbocycles. The van der Waals surface area contributed by atoms with Crippen molar-refractivity contribution in [1.29, 1.82) is 0 Å². The maximum atomic E-state index is 11.8. The Balaban J connectivity index is 1.59. The van der Waals surface area contributed by atoms with E-state index >= 15 is 0 Å². The number of nitrogens with one attached hydrogen (secondary N) is 1. The molecule has 1 amide bonds. The zero-order chi connectivity index (χ0) is 15.1. The van der Waals surface area contributed by atoms with E-state index in [1.807, 2.05) is 24.3 Å². The van der Waals surface area contributed by atoms with Gasteiger partial charge in [-0.3, -0.25) is 4.79 Å². The molecule has 0 spiro atoms. The number of carbonyl (C=O) groups excluding carboxylic acids is 1. The molecule has 0 aromatic heterocycles. The van der Waals surface area contributed by atoms with Crippen LogP contribution in [0.15, 0.2) is 28.7 Å². The molecule has 21 heavy (non-hydrogen) atoms. The Labute approximate surface area is 134 Å². The van der Waals surface area contributed by atoms with Crippen LogP contribution in [0, 0.1) is 5.92 Å². The SMILES string of the molecule is O=C(CCOc1cccc(Br)c1)NCC1CCC(O)CC1. The molecule has 1 aliphatic carbocycles. The topological polar surface area (TPSA) is 58.6 Å². The quantitative estimate of drug-likeness (QED) is 0.824. The number of halogens is 1. The molecule has 1 aliphatic rings. The Kier molecular flexibility index (Phi) is 6.51. The van der Waals surface area contributed by atoms with Gasteiger partial charge >= 0.3 is 0 Å². The lowest BCUT2D eigenvalue weighted by atomic mass is 9.87. The first-order chi connectivity index (χ1) is 10.1. The summed E-state index contributed by atoms with van der Waals surface area (Å²) in [6.45, 7) is 1.09. The second-order valence-corrected chi connectivity index (χ2v) is 6.45. The third kappa shape index (κ3) is 6.06. The van der Waals surface area contributed by atoms with Crippen LogP contribution >= 0.6 is 15.9 Å². The minimum Gasteiger partial charge on any atom is -0.493 e. The monoisotopic (exact) mass is 355 g/mol. The zero-order valence-electron chi connectivity index (χ0n) is 12.1. The molecule has 2 rings (SSSR count). The van der Waals surface area contributed by atoms with E-state index in [1.165, 1.54) is 0 Å². The average Bonchev–Trinajstić information content (AvgIpc) is 2.47. The molecule has 0 unspecified atom stereocenters. The Bertz CT molecular complexity index is 459. The van der Waals surface area contributed by atoms with Crippen LogP contribution in [0.5, 0.6) is 5.75 Å². The van der Waals surface area contributed by atoms with E-state index in [0.29, 0.717) is 25.5 Å². The van der Waals surface area contributed by atoms with Crippen molar-refractivity contribution in [2.24, 2.45) is 5.92 Å². The molecule has 0 heterocycles. The minimum absolute atomic E-state index is 0.0242. The van der Waals surface area contributed by atoms with Gasteiger partial charge in [0.15, 0.2) is 0 Å². The predicted octanol–water partition coefficient (Wildman–Crippen LogP) is 2.89. The van der Waals surface area contributed by atoms with Gasteiger partial charge in [0.1, 0.15) is 5.75 Å². The van der Waals surface area contributed by atoms with Crippen molar-refractivity contribution >= 4 is 21.8 Å². The van der Waals surface area contributed by atoms with Gasteiger partial charge in [0.25, 0.3) is 0 Å². The molecule has 1 fully saturated rings. The van der Waals surface area contributed by atoms with Crippen molar-refractivity contribution in [1.82, 2.24) is 5.32 Å². The molecule has 1 aromatic rings. The number of aliphatic hydroxyl groups is 1. The number of aliphatic hydroxyl groups excluding tert-OH is 1. The molecule has 0 aliphatic heterocycles. The fourth-order valence-electron chi connectivity index (χ4n) is 2.51. The number of hydrogen-bond acceptors (Lipinski definition) is 3. The first-order valence-corrected chi connectivity index (χ1v) is 8.26. The molecule has 0 radical (unpaired) electrons. The highest BCUT2D eigenvalue weighted by molar-refractivity contribution is 9.10. The molecular weight excluding hydrogens is 334 g/mol. The van der Waals surface area contributed by atoms with Gasteiger partial charge in [-0.25, -0.2) is 0 Å². The van der Waals surface area contributed by atoms with Crippen LogP contribution in [0.25, 0.3) is 0 Å². The van der Waals surface area contributed by atoms with Gasteiger partial charge in [-0.2, -0.15) is 0 Å². The van der Waals surface area contributed by atoms with Crippen LogP contribution in [0.3, 0.4) is 0 Å². The Hall–Kier alpha value is -1.07. The summed E-state index contributed by atoms with van der Waals surface area (Å²) in [6, 6.07) is 7.58. The number of hydrogen-bond donors (Lipinski definition) is 2. The molecule has 1 aromatic carbocycles. The third-order valence-electron chi connectivity index (χ3n) is 3.80. The van der Waals surface area contributed by atoms with Crippen LogP contribution in [0.2, 0.25) is 0 Å². The van der Waals surface area contributed by atoms with Crippen molar-refractivity contribution < 1.29 is 14.6 Å². The molecule has 0 bridgehead atoms. The summed E-state index contributed by atoms with van der Waals surface area (Å²) in [7, 11) is 0. The van der Waals surface area contributed by atoms with E-state index in [9.17, 15) is 9.90 Å². The molecule has 0 atom stereocenters. The fraction of sp³-hybridized carbons (Fsp3) is 0.562. The highest BCUT2D eigenvalue weighted by atomic mass is 79.9. The zero-order valence-corrected chi connectivity index (χ0v) is 13.6. The highest BCUT2D eigenvalue weighted by Crippen LogP contribution is 2.23. The molecular formula is C16H22BrNO3. The maximum absolute atomic E-state index is 11.8. The molecule has 4 nitrogen and oxygen atoms in total. The largest absolute Gasteiger partial charge is 0.493 e. The first-order valence-electron chi connectivity index (χ1n) is 7.46. The second kappa shape index (κ2) is 8.39. The standard InChI is InChI=1S/C16H22BrNO3/c17-13-2-1-3-15(10-13)21-9-8-16(20)18-11-12-4-6-14(19)7-5-12/h1-3,10,12,14,19H,4-9,11H2,(H,18,20). The van der Waals surface area contributed by atoms with Gasteiger partial charge in [0, 0.05) is 11.0 Å². The Morgan fingerprint density at radius 3 is 2.81 bits per heavy atom. The van der Waals surface area contributed by atoms with E-state index in [-0.39, 0.29) is 12.0 Å². The van der Waals surface area contributed by atoms with Gasteiger partial charge in [0.05, 0.1) is 19.1 Å². The van der Waals surface area contributed by atoms with E-state index in [0.717, 1.165) is 35.9 Å². The van der Waals surface area contributed by atoms with Crippen LogP contribution in [0.1, 0.15) is 32.1 Å². The highest BCUT2D eigenvalue weighted by Gasteiger charge is 2.19. The lowest BCUT2D eigenvalue weighted by Crippen LogP contribution is -2.32. The van der Waals surface area contributed by atoms with Gasteiger partial charge < -0.3 is 15.2 Å². The van der Waals surface area contributed by atoms with Gasteiger partial charge in [-0.05, 0) is 49.8 Å². The van der Waals surface area contributed by atoms with Crippen molar-refractivity contribution in [2.45, 2.75) is 38.2 Å². The van der Waals surface area contributed by atoms with Gasteiger partial charge in [-0.15, -0.1) is 0 Å². The number of rotatable bonds is 6. The third-order valence-corrected chi connectivity index (χ3v) is 4.29. The van der Waals surface area contributed by atoms with E-state index in [2.05, 4.69) is 21.2 Å². The van der Waals surface area contributed by atoms with Crippen LogP contribution < -0.4 is 10.1 Å². The average molecular weight is 356 g/mol. The van der Waals surface area contributed by atoms with E-state index in [4.69, 9.17) is 4.74 Å². The van der Waals surface area contributed by atoms with E-state index < -0.39 is 0 Å². The molecule has 0 saturated heterocycles. The van der Waals surface area contributed by atoms with Gasteiger partial charge in [0.2, 0.25) is 5.91 Å². The van der Waals surface area contributed by atoms with Crippen LogP contribution in [0.4, 0.5) is 0 Å². The predicted molar refractivity (Wildman–Crippen MR) is 85.2 cm³/mol. The first kappa shape index (κ1) is 16.3. The minimum atomic E-state index is -0.143. The van der Waals surface area contributed by atoms with Crippen molar-refractivity contribution in [3.05, 3.63) is 28.7 Å². The van der Waals surface area contributed by atoms with Crippen molar-refractivity contribution in [3.8, 4) is 5.75 Å². The number of ether oxygens (including phenoxy) is 1. The number of benzene rings is 1. The van der Waals surface area contributed by atoms with Gasteiger partial charge in [-0.1, -0.05) is 22.0 Å². The summed E-state index contributed by atoms with van der Waals surface area (Å²) in [5.41, 5.74) is 0. The maximum Gasteiger partial charge on any atom is 0.223 e. The normalized spacial score (nSPS) is 21.8. The number of carbonyl (C=O) groups is 1. The lowest BCUT2D eigenvalue weighted by Gasteiger charge is -2.25. The summed E-state index contributed by atoms with van der Waals surface area (Å²) in [6.07, 6.45) is 3.92. The summed E-state index contributed by atoms with van der Waals surface area (Å²) in [5, 5.41) is 12.4. The lowest BCUT2D eigenvalue weighted by molar-refractivity contribution is -0.121. The molecule has 116 valence electrons. The summed E-state index contributed by atoms with van der Waals surface area (Å²) in [5.74, 6) is 1.29. The van der Waals surface area contributed by atoms with Crippen LogP contribution in [-0.4, -0.2) is 30.3 Å². The van der Waals surface area contributed by atoms with Crippen molar-refractivity contribution in [3.63, 3.8) is 0 Å². The summed E-state index contributed by atoms with van der Waals surface area (Å²) < 4.78 is 6.50. The van der Waals surface area contributed by atoms with Crippen LogP contribution in [-0.2, 0) is 4.79 Å². The molecule has 5 heteroatoms. The number of amides is 1. The fourth-order valence-corrected chi connectivity index (χ4v) is 2.89. The second-order valence-electron chi connectivity index (χ2n) is 5.53. The summed E-state index contributed by atoms with van der Waals surface area (Å²) in [4.78, 5) is 11.8. The Morgan fingerprint density at radius 1 is 1.33 bits per heavy atom. The molecule has 2 N–H and O–H groups in total. The van der Waals surface area contributed by atoms with Crippen molar-refractivity contribution in [2.75, 3.05) is 13.2 Å².